The molecule has 0 saturated heterocycles. The first-order valence-corrected chi connectivity index (χ1v) is 7.76. The highest BCUT2D eigenvalue weighted by Gasteiger charge is 2.18. The average Bonchev–Trinajstić information content (AvgIpc) is 2.53. The number of nitro groups is 1. The molecule has 2 rings (SSSR count). The number of nitro benzene ring substituents is 1. The molecule has 0 amide bonds. The first kappa shape index (κ1) is 16.8. The van der Waals surface area contributed by atoms with E-state index in [1.165, 1.54) is 13.0 Å². The lowest BCUT2D eigenvalue weighted by atomic mass is 10.3. The van der Waals surface area contributed by atoms with Gasteiger partial charge in [-0.1, -0.05) is 42.1 Å². The normalized spacial score (nSPS) is 11.6. The van der Waals surface area contributed by atoms with Crippen molar-refractivity contribution < 1.29 is 9.72 Å². The number of hydrogen-bond acceptors (Lipinski definition) is 5. The van der Waals surface area contributed by atoms with Gasteiger partial charge in [-0.2, -0.15) is 0 Å². The first-order chi connectivity index (χ1) is 11.0. The highest BCUT2D eigenvalue weighted by Crippen LogP contribution is 2.35. The molecule has 5 nitrogen and oxygen atoms in total. The molecule has 0 unspecified atom stereocenters. The SMILES string of the molecule is CC(=O)C(Sc1ccccc1[N+](=O)[O-])=C(C)Nc1ccccc1. The van der Waals surface area contributed by atoms with Crippen LogP contribution in [0.1, 0.15) is 13.8 Å². The molecule has 6 heteroatoms. The summed E-state index contributed by atoms with van der Waals surface area (Å²) in [5.74, 6) is -0.144. The monoisotopic (exact) mass is 328 g/mol. The van der Waals surface area contributed by atoms with Crippen molar-refractivity contribution in [3.05, 3.63) is 75.3 Å². The lowest BCUT2D eigenvalue weighted by Crippen LogP contribution is -2.04. The molecule has 2 aromatic rings. The van der Waals surface area contributed by atoms with E-state index in [0.717, 1.165) is 17.4 Å². The van der Waals surface area contributed by atoms with Gasteiger partial charge in [-0.15, -0.1) is 0 Å². The Morgan fingerprint density at radius 2 is 1.65 bits per heavy atom. The number of rotatable bonds is 6. The number of carbonyl (C=O) groups excluding carboxylic acids is 1. The van der Waals surface area contributed by atoms with Gasteiger partial charge < -0.3 is 5.32 Å². The molecular weight excluding hydrogens is 312 g/mol. The van der Waals surface area contributed by atoms with Crippen molar-refractivity contribution in [3.63, 3.8) is 0 Å². The van der Waals surface area contributed by atoms with Gasteiger partial charge in [0.05, 0.1) is 14.7 Å². The van der Waals surface area contributed by atoms with Crippen LogP contribution >= 0.6 is 11.8 Å². The number of Topliss-reactive ketones (excluding diaryl/α,β-unsaturated/α-hetero) is 1. The van der Waals surface area contributed by atoms with Gasteiger partial charge in [-0.05, 0) is 32.0 Å². The first-order valence-electron chi connectivity index (χ1n) is 6.94. The standard InChI is InChI=1S/C17H16N2O3S/c1-12(18-14-8-4-3-5-9-14)17(13(2)20)23-16-11-7-6-10-15(16)19(21)22/h3-11,18H,1-2H3. The molecule has 0 aliphatic rings. The zero-order valence-electron chi connectivity index (χ0n) is 12.8. The predicted octanol–water partition coefficient (Wildman–Crippen LogP) is 4.62. The maximum Gasteiger partial charge on any atom is 0.283 e. The molecule has 0 aliphatic heterocycles. The number of thioether (sulfide) groups is 1. The molecule has 0 fully saturated rings. The van der Waals surface area contributed by atoms with Crippen LogP contribution in [0.3, 0.4) is 0 Å². The van der Waals surface area contributed by atoms with Crippen LogP contribution in [0.2, 0.25) is 0 Å². The van der Waals surface area contributed by atoms with E-state index >= 15 is 0 Å². The van der Waals surface area contributed by atoms with Gasteiger partial charge in [0.1, 0.15) is 0 Å². The molecule has 0 aromatic heterocycles. The number of allylic oxidation sites excluding steroid dienone is 2. The second kappa shape index (κ2) is 7.60. The number of benzene rings is 2. The third kappa shape index (κ3) is 4.43. The van der Waals surface area contributed by atoms with Gasteiger partial charge in [0.25, 0.3) is 5.69 Å². The summed E-state index contributed by atoms with van der Waals surface area (Å²) in [6.07, 6.45) is 0. The van der Waals surface area contributed by atoms with Gasteiger partial charge in [0.2, 0.25) is 0 Å². The third-order valence-electron chi connectivity index (χ3n) is 3.04. The van der Waals surface area contributed by atoms with E-state index in [2.05, 4.69) is 5.32 Å². The van der Waals surface area contributed by atoms with Gasteiger partial charge >= 0.3 is 0 Å². The van der Waals surface area contributed by atoms with Crippen LogP contribution in [0.25, 0.3) is 0 Å². The maximum atomic E-state index is 12.0. The van der Waals surface area contributed by atoms with Crippen molar-refractivity contribution in [2.24, 2.45) is 0 Å². The Balaban J connectivity index is 2.34. The van der Waals surface area contributed by atoms with Crippen molar-refractivity contribution in [3.8, 4) is 0 Å². The molecule has 0 atom stereocenters. The fourth-order valence-corrected chi connectivity index (χ4v) is 2.97. The number of ketones is 1. The molecule has 0 saturated carbocycles. The van der Waals surface area contributed by atoms with Crippen LogP contribution < -0.4 is 5.32 Å². The Bertz CT molecular complexity index is 757. The number of nitrogens with zero attached hydrogens (tertiary/aromatic N) is 1. The molecule has 118 valence electrons. The summed E-state index contributed by atoms with van der Waals surface area (Å²) in [6.45, 7) is 3.23. The lowest BCUT2D eigenvalue weighted by Gasteiger charge is -2.12. The quantitative estimate of drug-likeness (QED) is 0.362. The van der Waals surface area contributed by atoms with Gasteiger partial charge in [-0.25, -0.2) is 0 Å². The highest BCUT2D eigenvalue weighted by atomic mass is 32.2. The van der Waals surface area contributed by atoms with E-state index < -0.39 is 4.92 Å². The summed E-state index contributed by atoms with van der Waals surface area (Å²) in [6, 6.07) is 15.8. The third-order valence-corrected chi connectivity index (χ3v) is 4.40. The van der Waals surface area contributed by atoms with E-state index in [4.69, 9.17) is 0 Å². The lowest BCUT2D eigenvalue weighted by molar-refractivity contribution is -0.387. The zero-order chi connectivity index (χ0) is 16.8. The fraction of sp³-hybridized carbons (Fsp3) is 0.118. The molecule has 23 heavy (non-hydrogen) atoms. The Labute approximate surface area is 138 Å². The Morgan fingerprint density at radius 3 is 2.26 bits per heavy atom. The predicted molar refractivity (Wildman–Crippen MR) is 92.4 cm³/mol. The summed E-state index contributed by atoms with van der Waals surface area (Å²) in [7, 11) is 0. The van der Waals surface area contributed by atoms with Gasteiger partial charge in [0, 0.05) is 17.5 Å². The van der Waals surface area contributed by atoms with Crippen molar-refractivity contribution in [1.82, 2.24) is 0 Å². The smallest absolute Gasteiger partial charge is 0.283 e. The van der Waals surface area contributed by atoms with Crippen molar-refractivity contribution in [2.75, 3.05) is 5.32 Å². The highest BCUT2D eigenvalue weighted by molar-refractivity contribution is 8.04. The molecule has 2 aromatic carbocycles. The maximum absolute atomic E-state index is 12.0. The van der Waals surface area contributed by atoms with E-state index in [-0.39, 0.29) is 11.5 Å². The number of nitrogens with one attached hydrogen (secondary N) is 1. The Morgan fingerprint density at radius 1 is 1.04 bits per heavy atom. The largest absolute Gasteiger partial charge is 0.358 e. The van der Waals surface area contributed by atoms with Crippen LogP contribution in [-0.2, 0) is 4.79 Å². The number of hydrogen-bond donors (Lipinski definition) is 1. The van der Waals surface area contributed by atoms with Crippen molar-refractivity contribution >= 4 is 28.9 Å². The topological polar surface area (TPSA) is 72.2 Å². The summed E-state index contributed by atoms with van der Waals surface area (Å²) >= 11 is 1.11. The van der Waals surface area contributed by atoms with Crippen LogP contribution in [-0.4, -0.2) is 10.7 Å². The van der Waals surface area contributed by atoms with Gasteiger partial charge in [0.15, 0.2) is 5.78 Å². The second-order valence-electron chi connectivity index (χ2n) is 4.83. The van der Waals surface area contributed by atoms with Crippen molar-refractivity contribution in [2.45, 2.75) is 18.7 Å². The molecular formula is C17H16N2O3S. The van der Waals surface area contributed by atoms with E-state index in [1.807, 2.05) is 30.3 Å². The minimum Gasteiger partial charge on any atom is -0.358 e. The number of carbonyl (C=O) groups is 1. The molecule has 0 bridgehead atoms. The Kier molecular flexibility index (Phi) is 5.54. The summed E-state index contributed by atoms with van der Waals surface area (Å²) in [4.78, 5) is 23.5. The number of anilines is 1. The summed E-state index contributed by atoms with van der Waals surface area (Å²) < 4.78 is 0. The van der Waals surface area contributed by atoms with E-state index in [1.54, 1.807) is 25.1 Å². The fourth-order valence-electron chi connectivity index (χ4n) is 2.01. The summed E-state index contributed by atoms with van der Waals surface area (Å²) in [5, 5.41) is 14.3. The zero-order valence-corrected chi connectivity index (χ0v) is 13.6. The minimum atomic E-state index is -0.444. The Hall–Kier alpha value is -2.60. The molecule has 0 spiro atoms. The van der Waals surface area contributed by atoms with Crippen LogP contribution in [0.5, 0.6) is 0 Å². The van der Waals surface area contributed by atoms with Crippen LogP contribution in [0.4, 0.5) is 11.4 Å². The second-order valence-corrected chi connectivity index (χ2v) is 5.88. The average molecular weight is 328 g/mol. The molecule has 0 aliphatic carbocycles. The molecule has 1 N–H and O–H groups in total. The summed E-state index contributed by atoms with van der Waals surface area (Å²) in [5.41, 5.74) is 1.50. The van der Waals surface area contributed by atoms with Crippen molar-refractivity contribution in [1.29, 1.82) is 0 Å². The molecule has 0 heterocycles. The van der Waals surface area contributed by atoms with Crippen LogP contribution in [0, 0.1) is 10.1 Å². The minimum absolute atomic E-state index is 0.0104. The number of para-hydroxylation sites is 2. The van der Waals surface area contributed by atoms with Gasteiger partial charge in [-0.3, -0.25) is 14.9 Å². The van der Waals surface area contributed by atoms with E-state index in [9.17, 15) is 14.9 Å². The van der Waals surface area contributed by atoms with Crippen LogP contribution in [0.15, 0.2) is 70.1 Å². The molecule has 0 radical (unpaired) electrons. The van der Waals surface area contributed by atoms with E-state index in [0.29, 0.717) is 15.5 Å².